The highest BCUT2D eigenvalue weighted by molar-refractivity contribution is 9.11. The minimum absolute atomic E-state index is 0.760. The number of allylic oxidation sites excluding steroid dienone is 3. The van der Waals surface area contributed by atoms with Crippen molar-refractivity contribution in [2.24, 2.45) is 4.99 Å². The summed E-state index contributed by atoms with van der Waals surface area (Å²) in [5.41, 5.74) is 15.1. The van der Waals surface area contributed by atoms with E-state index in [1.54, 1.807) is 0 Å². The second-order valence-electron chi connectivity index (χ2n) is 9.88. The number of halogens is 4. The molecule has 0 amide bonds. The summed E-state index contributed by atoms with van der Waals surface area (Å²) in [4.78, 5) is 8.30. The lowest BCUT2D eigenvalue weighted by atomic mass is 10.1. The molecule has 2 aliphatic rings. The van der Waals surface area contributed by atoms with Gasteiger partial charge < -0.3 is 10.3 Å². The van der Waals surface area contributed by atoms with Crippen molar-refractivity contribution in [3.63, 3.8) is 0 Å². The van der Waals surface area contributed by atoms with Gasteiger partial charge in [-0.1, -0.05) is 111 Å². The highest BCUT2D eigenvalue weighted by Crippen LogP contribution is 2.34. The van der Waals surface area contributed by atoms with E-state index in [9.17, 15) is 0 Å². The van der Waals surface area contributed by atoms with Crippen LogP contribution in [-0.2, 0) is 6.42 Å². The molecule has 0 bridgehead atoms. The van der Waals surface area contributed by atoms with Crippen LogP contribution in [0, 0.1) is 6.20 Å². The molecule has 2 N–H and O–H groups in total. The molecule has 210 valence electrons. The maximum atomic E-state index is 5.50. The van der Waals surface area contributed by atoms with Crippen molar-refractivity contribution in [1.82, 2.24) is 9.55 Å². The van der Waals surface area contributed by atoms with E-state index in [2.05, 4.69) is 151 Å². The lowest BCUT2D eigenvalue weighted by Crippen LogP contribution is -1.93. The molecule has 4 aromatic carbocycles. The van der Waals surface area contributed by atoms with Crippen LogP contribution in [0.1, 0.15) is 11.1 Å². The Bertz CT molecular complexity index is 1950. The van der Waals surface area contributed by atoms with E-state index in [4.69, 9.17) is 5.73 Å². The van der Waals surface area contributed by atoms with Crippen LogP contribution in [0.25, 0.3) is 33.1 Å². The molecule has 1 aliphatic heterocycles. The number of para-hydroxylation sites is 1. The number of aromatic nitrogens is 2. The summed E-state index contributed by atoms with van der Waals surface area (Å²) in [6.07, 6.45) is 11.6. The summed E-state index contributed by atoms with van der Waals surface area (Å²) in [6.45, 7) is 0. The van der Waals surface area contributed by atoms with E-state index in [1.807, 2.05) is 48.9 Å². The molecule has 0 atom stereocenters. The Morgan fingerprint density at radius 3 is 2.12 bits per heavy atom. The molecule has 0 spiro atoms. The molecule has 2 aromatic heterocycles. The van der Waals surface area contributed by atoms with Gasteiger partial charge in [-0.15, -0.1) is 0 Å². The van der Waals surface area contributed by atoms with Crippen LogP contribution in [0.5, 0.6) is 0 Å². The van der Waals surface area contributed by atoms with E-state index in [1.165, 1.54) is 38.6 Å². The van der Waals surface area contributed by atoms with Crippen molar-refractivity contribution in [2.75, 3.05) is 5.73 Å². The third-order valence-electron chi connectivity index (χ3n) is 7.01. The molecule has 0 unspecified atom stereocenters. The van der Waals surface area contributed by atoms with Crippen LogP contribution >= 0.6 is 63.7 Å². The first-order chi connectivity index (χ1) is 20.9. The molecule has 4 nitrogen and oxygen atoms in total. The summed E-state index contributed by atoms with van der Waals surface area (Å²) in [5.74, 6) is 0. The van der Waals surface area contributed by atoms with Crippen molar-refractivity contribution in [3.05, 3.63) is 150 Å². The Morgan fingerprint density at radius 1 is 0.721 bits per heavy atom. The molecule has 8 heteroatoms. The van der Waals surface area contributed by atoms with Gasteiger partial charge >= 0.3 is 0 Å². The molecule has 8 rings (SSSR count). The van der Waals surface area contributed by atoms with Crippen LogP contribution in [0.4, 0.5) is 5.69 Å². The zero-order valence-electron chi connectivity index (χ0n) is 22.6. The number of hydrogen-bond acceptors (Lipinski definition) is 3. The average Bonchev–Trinajstić information content (AvgIpc) is 3.53. The molecule has 0 saturated carbocycles. The number of anilines is 1. The van der Waals surface area contributed by atoms with Crippen LogP contribution in [0.3, 0.4) is 0 Å². The zero-order chi connectivity index (χ0) is 29.9. The molecule has 1 aliphatic carbocycles. The van der Waals surface area contributed by atoms with Crippen molar-refractivity contribution < 1.29 is 0 Å². The Kier molecular flexibility index (Phi) is 9.03. The summed E-state index contributed by atoms with van der Waals surface area (Å²) in [7, 11) is 0. The summed E-state index contributed by atoms with van der Waals surface area (Å²) in [5, 5.41) is 2.39. The first kappa shape index (κ1) is 29.7. The van der Waals surface area contributed by atoms with Crippen LogP contribution in [0.2, 0.25) is 0 Å². The van der Waals surface area contributed by atoms with Gasteiger partial charge in [0.15, 0.2) is 12.4 Å². The van der Waals surface area contributed by atoms with Crippen LogP contribution in [-0.4, -0.2) is 15.8 Å². The van der Waals surface area contributed by atoms with Gasteiger partial charge in [-0.3, -0.25) is 4.98 Å². The number of fused-ring (bicyclic) bond motifs is 5. The molecule has 6 aromatic rings. The molecular formula is C35H23Br4N4+. The number of rotatable bonds is 1. The van der Waals surface area contributed by atoms with E-state index in [-0.39, 0.29) is 0 Å². The van der Waals surface area contributed by atoms with E-state index < -0.39 is 0 Å². The number of hydrogen-bond donors (Lipinski definition) is 1. The maximum absolute atomic E-state index is 5.50. The topological polar surface area (TPSA) is 56.2 Å². The van der Waals surface area contributed by atoms with Gasteiger partial charge in [-0.05, 0) is 54.1 Å². The standard InChI is InChI=1S/C17H10Br2N2.C12H8N.C6H5Br2N/c18-11-7-12(19)9-13(8-11)21-16-4-2-1-3-14(16)15-10-20-6-5-17(15)21;1-2-4-11-9(3-1)7-10-5-6-13-8-12(10)11;7-4-1-5(8)3-6(9)2-4/h1-10H;1-5,8H,7H2;1-3H,9H2/q;+1;. The summed E-state index contributed by atoms with van der Waals surface area (Å²) >= 11 is 13.7. The monoisotopic (exact) mass is 815 g/mol. The predicted molar refractivity (Wildman–Crippen MR) is 194 cm³/mol. The number of pyridine rings is 1. The van der Waals surface area contributed by atoms with Gasteiger partial charge in [-0.25, -0.2) is 0 Å². The molecule has 3 heterocycles. The highest BCUT2D eigenvalue weighted by Gasteiger charge is 2.26. The minimum atomic E-state index is 0.760. The number of nitrogens with two attached hydrogens (primary N) is 1. The average molecular weight is 819 g/mol. The summed E-state index contributed by atoms with van der Waals surface area (Å²) < 4.78 is 6.35. The second-order valence-corrected chi connectivity index (χ2v) is 13.5. The van der Waals surface area contributed by atoms with Gasteiger partial charge in [0.2, 0.25) is 0 Å². The van der Waals surface area contributed by atoms with Crippen LogP contribution < -0.4 is 5.73 Å². The second kappa shape index (κ2) is 13.1. The third-order valence-corrected chi connectivity index (χ3v) is 8.84. The normalized spacial score (nSPS) is 12.7. The summed E-state index contributed by atoms with van der Waals surface area (Å²) in [6, 6.07) is 30.9. The third kappa shape index (κ3) is 6.59. The highest BCUT2D eigenvalue weighted by atomic mass is 79.9. The largest absolute Gasteiger partial charge is 0.399 e. The number of nitrogens with zero attached hydrogens (tertiary/aromatic N) is 3. The number of aliphatic imine (C=N–C) groups is 1. The fourth-order valence-electron chi connectivity index (χ4n) is 5.25. The van der Waals surface area contributed by atoms with Crippen LogP contribution in [0.15, 0.2) is 138 Å². The lowest BCUT2D eigenvalue weighted by Gasteiger charge is -2.09. The SMILES string of the molecule is Brc1cc(Br)cc(-n2c3ccccc3c3cnccc32)c1.Nc1cc(Br)cc(Br)c1.[C+]1=CC2=C(C=N1)c1ccccc1C2. The lowest BCUT2D eigenvalue weighted by molar-refractivity contribution is 1.17. The van der Waals surface area contributed by atoms with Gasteiger partial charge in [-0.2, -0.15) is 0 Å². The molecule has 0 fully saturated rings. The quantitative estimate of drug-likeness (QED) is 0.133. The van der Waals surface area contributed by atoms with Crippen molar-refractivity contribution in [2.45, 2.75) is 6.42 Å². The fraction of sp³-hybridized carbons (Fsp3) is 0.0286. The molecular weight excluding hydrogens is 796 g/mol. The van der Waals surface area contributed by atoms with Gasteiger partial charge in [0, 0.05) is 64.4 Å². The van der Waals surface area contributed by atoms with Crippen molar-refractivity contribution >= 4 is 103 Å². The van der Waals surface area contributed by atoms with E-state index >= 15 is 0 Å². The Balaban J connectivity index is 0.000000127. The van der Waals surface area contributed by atoms with Gasteiger partial charge in [0.25, 0.3) is 0 Å². The smallest absolute Gasteiger partial charge is 0.156 e. The Labute approximate surface area is 283 Å². The number of nitrogen functional groups attached to an aromatic ring is 1. The van der Waals surface area contributed by atoms with Gasteiger partial charge in [0.05, 0.1) is 16.6 Å². The van der Waals surface area contributed by atoms with Crippen molar-refractivity contribution in [3.8, 4) is 5.69 Å². The first-order valence-electron chi connectivity index (χ1n) is 13.3. The van der Waals surface area contributed by atoms with E-state index in [0.717, 1.165) is 41.2 Å². The molecule has 43 heavy (non-hydrogen) atoms. The minimum Gasteiger partial charge on any atom is -0.399 e. The molecule has 0 saturated heterocycles. The van der Waals surface area contributed by atoms with Crippen molar-refractivity contribution in [1.29, 1.82) is 0 Å². The Hall–Kier alpha value is -3.39. The maximum Gasteiger partial charge on any atom is 0.156 e. The Morgan fingerprint density at radius 2 is 1.37 bits per heavy atom. The van der Waals surface area contributed by atoms with Gasteiger partial charge in [0.1, 0.15) is 11.6 Å². The fourth-order valence-corrected chi connectivity index (χ4v) is 7.84. The molecule has 0 radical (unpaired) electrons. The predicted octanol–water partition coefficient (Wildman–Crippen LogP) is 10.9. The zero-order valence-corrected chi connectivity index (χ0v) is 29.0. The first-order valence-corrected chi connectivity index (χ1v) is 16.5. The van der Waals surface area contributed by atoms with E-state index in [0.29, 0.717) is 0 Å². The number of benzene rings is 4.